The fourth-order valence-corrected chi connectivity index (χ4v) is 1.58. The van der Waals surface area contributed by atoms with Gasteiger partial charge in [-0.25, -0.2) is 0 Å². The summed E-state index contributed by atoms with van der Waals surface area (Å²) in [6.07, 6.45) is 0.532. The van der Waals surface area contributed by atoms with Crippen molar-refractivity contribution in [3.63, 3.8) is 0 Å². The number of rotatable bonds is 7. The maximum Gasteiger partial charge on any atom is 0.137 e. The summed E-state index contributed by atoms with van der Waals surface area (Å²) >= 11 is 5.97. The van der Waals surface area contributed by atoms with E-state index in [-0.39, 0.29) is 6.10 Å². The molecule has 1 rings (SSSR count). The average molecular weight is 258 g/mol. The summed E-state index contributed by atoms with van der Waals surface area (Å²) < 4.78 is 5.58. The minimum Gasteiger partial charge on any atom is -0.491 e. The van der Waals surface area contributed by atoms with Gasteiger partial charge >= 0.3 is 0 Å². The van der Waals surface area contributed by atoms with E-state index < -0.39 is 0 Å². The van der Waals surface area contributed by atoms with Crippen LogP contribution in [0.5, 0.6) is 5.75 Å². The van der Waals surface area contributed by atoms with Gasteiger partial charge in [0.05, 0.1) is 11.1 Å². The molecule has 1 aromatic rings. The fraction of sp³-hybridized carbons (Fsp3) is 0.538. The Kier molecular flexibility index (Phi) is 6.34. The van der Waals surface area contributed by atoms with E-state index in [0.29, 0.717) is 11.6 Å². The Morgan fingerprint density at radius 2 is 2.06 bits per heavy atom. The fourth-order valence-electron chi connectivity index (χ4n) is 1.39. The second kappa shape index (κ2) is 7.54. The van der Waals surface area contributed by atoms with Crippen molar-refractivity contribution in [2.75, 3.05) is 26.7 Å². The summed E-state index contributed by atoms with van der Waals surface area (Å²) in [7, 11) is 2.01. The first-order valence-corrected chi connectivity index (χ1v) is 6.21. The number of aliphatic hydroxyl groups excluding tert-OH is 1. The maximum absolute atomic E-state index is 9.17. The number of ether oxygens (including phenoxy) is 1. The van der Waals surface area contributed by atoms with E-state index in [1.54, 1.807) is 6.92 Å². The first kappa shape index (κ1) is 14.3. The summed E-state index contributed by atoms with van der Waals surface area (Å²) in [6, 6.07) is 7.45. The number of para-hydroxylation sites is 1. The SMILES string of the molecule is CC(O)CCN(C)CCOc1ccccc1Cl. The van der Waals surface area contributed by atoms with Gasteiger partial charge in [-0.3, -0.25) is 0 Å². The van der Waals surface area contributed by atoms with E-state index in [1.807, 2.05) is 31.3 Å². The Bertz CT molecular complexity index is 331. The molecule has 96 valence electrons. The van der Waals surface area contributed by atoms with Crippen LogP contribution in [0.1, 0.15) is 13.3 Å². The van der Waals surface area contributed by atoms with Gasteiger partial charge in [0, 0.05) is 13.1 Å². The Morgan fingerprint density at radius 1 is 1.35 bits per heavy atom. The van der Waals surface area contributed by atoms with Crippen molar-refractivity contribution in [2.45, 2.75) is 19.4 Å². The van der Waals surface area contributed by atoms with Crippen LogP contribution in [0, 0.1) is 0 Å². The van der Waals surface area contributed by atoms with Gasteiger partial charge in [-0.15, -0.1) is 0 Å². The van der Waals surface area contributed by atoms with E-state index in [0.717, 1.165) is 25.3 Å². The molecule has 4 heteroatoms. The van der Waals surface area contributed by atoms with Crippen LogP contribution in [0.2, 0.25) is 5.02 Å². The second-order valence-corrected chi connectivity index (χ2v) is 4.63. The molecule has 1 aromatic carbocycles. The molecule has 3 nitrogen and oxygen atoms in total. The molecule has 0 radical (unpaired) electrons. The zero-order valence-corrected chi connectivity index (χ0v) is 11.2. The van der Waals surface area contributed by atoms with Gasteiger partial charge in [0.2, 0.25) is 0 Å². The molecule has 0 heterocycles. The maximum atomic E-state index is 9.17. The van der Waals surface area contributed by atoms with Crippen molar-refractivity contribution in [3.05, 3.63) is 29.3 Å². The number of hydrogen-bond acceptors (Lipinski definition) is 3. The van der Waals surface area contributed by atoms with Gasteiger partial charge in [0.25, 0.3) is 0 Å². The predicted molar refractivity (Wildman–Crippen MR) is 70.7 cm³/mol. The molecule has 0 fully saturated rings. The first-order valence-electron chi connectivity index (χ1n) is 5.83. The van der Waals surface area contributed by atoms with Crippen molar-refractivity contribution in [1.82, 2.24) is 4.90 Å². The van der Waals surface area contributed by atoms with Crippen molar-refractivity contribution < 1.29 is 9.84 Å². The first-order chi connectivity index (χ1) is 8.09. The van der Waals surface area contributed by atoms with E-state index in [2.05, 4.69) is 4.90 Å². The molecule has 0 saturated carbocycles. The van der Waals surface area contributed by atoms with Crippen molar-refractivity contribution >= 4 is 11.6 Å². The summed E-state index contributed by atoms with van der Waals surface area (Å²) in [4.78, 5) is 2.13. The summed E-state index contributed by atoms with van der Waals surface area (Å²) in [5.74, 6) is 0.720. The van der Waals surface area contributed by atoms with Gasteiger partial charge in [-0.05, 0) is 32.5 Å². The van der Waals surface area contributed by atoms with Gasteiger partial charge in [-0.2, -0.15) is 0 Å². The molecule has 17 heavy (non-hydrogen) atoms. The Hall–Kier alpha value is -0.770. The number of halogens is 1. The smallest absolute Gasteiger partial charge is 0.137 e. The quantitative estimate of drug-likeness (QED) is 0.814. The number of benzene rings is 1. The molecular formula is C13H20ClNO2. The lowest BCUT2D eigenvalue weighted by Crippen LogP contribution is -2.27. The molecule has 0 bridgehead atoms. The Labute approximate surface area is 108 Å². The molecule has 0 aliphatic heterocycles. The molecule has 1 N–H and O–H groups in total. The van der Waals surface area contributed by atoms with Crippen LogP contribution in [0.3, 0.4) is 0 Å². The van der Waals surface area contributed by atoms with Gasteiger partial charge in [0.15, 0.2) is 0 Å². The molecule has 0 aliphatic carbocycles. The minimum atomic E-state index is -0.248. The predicted octanol–water partition coefficient (Wildman–Crippen LogP) is 2.42. The average Bonchev–Trinajstić information content (AvgIpc) is 2.29. The van der Waals surface area contributed by atoms with Crippen molar-refractivity contribution in [3.8, 4) is 5.75 Å². The van der Waals surface area contributed by atoms with Crippen LogP contribution in [0.15, 0.2) is 24.3 Å². The third kappa shape index (κ3) is 5.91. The number of nitrogens with zero attached hydrogens (tertiary/aromatic N) is 1. The Morgan fingerprint density at radius 3 is 2.71 bits per heavy atom. The molecule has 1 unspecified atom stereocenters. The molecule has 0 saturated heterocycles. The number of hydrogen-bond donors (Lipinski definition) is 1. The second-order valence-electron chi connectivity index (χ2n) is 4.22. The van der Waals surface area contributed by atoms with Crippen LogP contribution in [-0.2, 0) is 0 Å². The van der Waals surface area contributed by atoms with Crippen molar-refractivity contribution in [2.24, 2.45) is 0 Å². The van der Waals surface area contributed by atoms with Crippen LogP contribution in [0.25, 0.3) is 0 Å². The molecule has 0 spiro atoms. The molecule has 0 aliphatic rings. The standard InChI is InChI=1S/C13H20ClNO2/c1-11(16)7-8-15(2)9-10-17-13-6-4-3-5-12(13)14/h3-6,11,16H,7-10H2,1-2H3. The topological polar surface area (TPSA) is 32.7 Å². The molecule has 0 amide bonds. The number of aliphatic hydroxyl groups is 1. The van der Waals surface area contributed by atoms with Crippen LogP contribution in [0.4, 0.5) is 0 Å². The largest absolute Gasteiger partial charge is 0.491 e. The minimum absolute atomic E-state index is 0.248. The van der Waals surface area contributed by atoms with Gasteiger partial charge < -0.3 is 14.7 Å². The third-order valence-corrected chi connectivity index (χ3v) is 2.81. The lowest BCUT2D eigenvalue weighted by molar-refractivity contribution is 0.157. The Balaban J connectivity index is 2.21. The molecule has 1 atom stereocenters. The molecule has 0 aromatic heterocycles. The summed E-state index contributed by atoms with van der Waals surface area (Å²) in [5.41, 5.74) is 0. The molecular weight excluding hydrogens is 238 g/mol. The van der Waals surface area contributed by atoms with Crippen LogP contribution < -0.4 is 4.74 Å². The highest BCUT2D eigenvalue weighted by atomic mass is 35.5. The van der Waals surface area contributed by atoms with Crippen molar-refractivity contribution in [1.29, 1.82) is 0 Å². The van der Waals surface area contributed by atoms with E-state index >= 15 is 0 Å². The van der Waals surface area contributed by atoms with Crippen LogP contribution in [-0.4, -0.2) is 42.9 Å². The lowest BCUT2D eigenvalue weighted by atomic mass is 10.3. The summed E-state index contributed by atoms with van der Waals surface area (Å²) in [6.45, 7) is 4.08. The number of likely N-dealkylation sites (N-methyl/N-ethyl adjacent to an activating group) is 1. The zero-order valence-electron chi connectivity index (χ0n) is 10.4. The van der Waals surface area contributed by atoms with E-state index in [1.165, 1.54) is 0 Å². The van der Waals surface area contributed by atoms with Gasteiger partial charge in [0.1, 0.15) is 12.4 Å². The lowest BCUT2D eigenvalue weighted by Gasteiger charge is -2.17. The highest BCUT2D eigenvalue weighted by molar-refractivity contribution is 6.32. The summed E-state index contributed by atoms with van der Waals surface area (Å²) in [5, 5.41) is 9.80. The highest BCUT2D eigenvalue weighted by Gasteiger charge is 2.03. The zero-order chi connectivity index (χ0) is 12.7. The monoisotopic (exact) mass is 257 g/mol. The normalized spacial score (nSPS) is 12.8. The third-order valence-electron chi connectivity index (χ3n) is 2.50. The highest BCUT2D eigenvalue weighted by Crippen LogP contribution is 2.22. The van der Waals surface area contributed by atoms with Gasteiger partial charge in [-0.1, -0.05) is 23.7 Å². The van der Waals surface area contributed by atoms with Crippen LogP contribution >= 0.6 is 11.6 Å². The van der Waals surface area contributed by atoms with E-state index in [9.17, 15) is 0 Å². The van der Waals surface area contributed by atoms with E-state index in [4.69, 9.17) is 21.4 Å².